The second-order valence-corrected chi connectivity index (χ2v) is 7.28. The van der Waals surface area contributed by atoms with E-state index in [0.717, 1.165) is 0 Å². The normalized spacial score (nSPS) is 16.1. The molecule has 3 N–H and O–H groups in total. The molecule has 1 atom stereocenters. The number of halogens is 2. The molecule has 3 rings (SSSR count). The summed E-state index contributed by atoms with van der Waals surface area (Å²) in [6, 6.07) is 7.93. The summed E-state index contributed by atoms with van der Waals surface area (Å²) in [5.74, 6) is -0.0343. The molecule has 0 saturated carbocycles. The fourth-order valence-corrected chi connectivity index (χ4v) is 3.13. The maximum absolute atomic E-state index is 12.8. The number of pyridine rings is 1. The van der Waals surface area contributed by atoms with E-state index in [2.05, 4.69) is 10.3 Å². The number of fused-ring (bicyclic) bond motifs is 1. The Labute approximate surface area is 166 Å². The zero-order valence-corrected chi connectivity index (χ0v) is 16.2. The van der Waals surface area contributed by atoms with E-state index in [-0.39, 0.29) is 30.0 Å². The quantitative estimate of drug-likeness (QED) is 0.807. The van der Waals surface area contributed by atoms with Crippen molar-refractivity contribution < 1.29 is 14.3 Å². The molecule has 142 valence electrons. The highest BCUT2D eigenvalue weighted by atomic mass is 35.5. The van der Waals surface area contributed by atoms with Crippen LogP contribution < -0.4 is 20.7 Å². The molecule has 0 spiro atoms. The van der Waals surface area contributed by atoms with Crippen molar-refractivity contribution in [3.8, 4) is 5.75 Å². The Bertz CT molecular complexity index is 904. The Morgan fingerprint density at radius 1 is 1.33 bits per heavy atom. The maximum atomic E-state index is 12.8. The van der Waals surface area contributed by atoms with Crippen LogP contribution in [0.4, 0.5) is 17.3 Å². The molecule has 1 unspecified atom stereocenters. The molecule has 0 aliphatic carbocycles. The average Bonchev–Trinajstić information content (AvgIpc) is 2.59. The molecule has 1 aromatic heterocycles. The molecule has 1 aliphatic heterocycles. The molecular formula is C18H18Cl2N4O3. The van der Waals surface area contributed by atoms with Crippen LogP contribution in [0.25, 0.3) is 0 Å². The topological polar surface area (TPSA) is 97.6 Å². The molecule has 0 fully saturated rings. The number of nitrogens with one attached hydrogen (secondary N) is 1. The largest absolute Gasteiger partial charge is 0.476 e. The number of carbonyl (C=O) groups excluding carboxylic acids is 2. The van der Waals surface area contributed by atoms with Crippen LogP contribution in [0.15, 0.2) is 30.3 Å². The van der Waals surface area contributed by atoms with Gasteiger partial charge in [-0.15, -0.1) is 0 Å². The Hall–Kier alpha value is -2.51. The molecule has 1 aliphatic rings. The highest BCUT2D eigenvalue weighted by Gasteiger charge is 2.38. The number of rotatable bonds is 4. The van der Waals surface area contributed by atoms with E-state index in [1.54, 1.807) is 24.3 Å². The summed E-state index contributed by atoms with van der Waals surface area (Å²) in [5.41, 5.74) is 6.13. The third kappa shape index (κ3) is 4.09. The van der Waals surface area contributed by atoms with Crippen molar-refractivity contribution in [1.82, 2.24) is 4.98 Å². The van der Waals surface area contributed by atoms with Gasteiger partial charge in [0.1, 0.15) is 12.4 Å². The second-order valence-electron chi connectivity index (χ2n) is 6.44. The van der Waals surface area contributed by atoms with E-state index in [4.69, 9.17) is 33.7 Å². The summed E-state index contributed by atoms with van der Waals surface area (Å²) in [5, 5.41) is 3.42. The van der Waals surface area contributed by atoms with Crippen LogP contribution in [-0.2, 0) is 9.59 Å². The van der Waals surface area contributed by atoms with Gasteiger partial charge in [0, 0.05) is 5.02 Å². The Balaban J connectivity index is 1.86. The molecule has 1 aromatic carbocycles. The van der Waals surface area contributed by atoms with Crippen LogP contribution in [0.3, 0.4) is 0 Å². The lowest BCUT2D eigenvalue weighted by atomic mass is 10.0. The van der Waals surface area contributed by atoms with Crippen LogP contribution in [-0.4, -0.2) is 29.4 Å². The number of benzene rings is 1. The summed E-state index contributed by atoms with van der Waals surface area (Å²) >= 11 is 11.9. The number of anilines is 3. The predicted octanol–water partition coefficient (Wildman–Crippen LogP) is 3.36. The van der Waals surface area contributed by atoms with Gasteiger partial charge in [-0.25, -0.2) is 4.98 Å². The van der Waals surface area contributed by atoms with E-state index in [9.17, 15) is 9.59 Å². The number of hydrogen-bond donors (Lipinski definition) is 2. The van der Waals surface area contributed by atoms with Crippen LogP contribution in [0.1, 0.15) is 13.8 Å². The zero-order valence-electron chi connectivity index (χ0n) is 14.7. The first kappa shape index (κ1) is 19.3. The van der Waals surface area contributed by atoms with Gasteiger partial charge in [-0.3, -0.25) is 14.5 Å². The van der Waals surface area contributed by atoms with Crippen molar-refractivity contribution >= 4 is 52.3 Å². The van der Waals surface area contributed by atoms with Gasteiger partial charge in [0.2, 0.25) is 5.91 Å². The van der Waals surface area contributed by atoms with Crippen molar-refractivity contribution in [2.45, 2.75) is 20.0 Å². The summed E-state index contributed by atoms with van der Waals surface area (Å²) < 4.78 is 5.75. The van der Waals surface area contributed by atoms with Crippen molar-refractivity contribution in [1.29, 1.82) is 0 Å². The Kier molecular flexibility index (Phi) is 5.43. The van der Waals surface area contributed by atoms with Crippen LogP contribution in [0.2, 0.25) is 10.0 Å². The zero-order chi connectivity index (χ0) is 19.7. The van der Waals surface area contributed by atoms with Gasteiger partial charge < -0.3 is 15.8 Å². The third-order valence-electron chi connectivity index (χ3n) is 3.99. The average molecular weight is 409 g/mol. The van der Waals surface area contributed by atoms with Crippen LogP contribution in [0, 0.1) is 5.92 Å². The van der Waals surface area contributed by atoms with Gasteiger partial charge in [0.15, 0.2) is 17.7 Å². The second kappa shape index (κ2) is 7.62. The predicted molar refractivity (Wildman–Crippen MR) is 105 cm³/mol. The minimum Gasteiger partial charge on any atom is -0.476 e. The minimum absolute atomic E-state index is 0.0838. The summed E-state index contributed by atoms with van der Waals surface area (Å²) in [4.78, 5) is 30.8. The first-order valence-corrected chi connectivity index (χ1v) is 9.01. The standard InChI is InChI=1S/C18H18Cl2N4O3/c1-9(2)16-18(26)24(17-13(27-16)5-6-14(21)23-17)8-15(25)22-12-4-3-10(19)7-11(12)20/h3-7,9,16H,8H2,1-2H3,(H2,21,23)(H,22,25). The number of carbonyl (C=O) groups is 2. The molecule has 0 bridgehead atoms. The van der Waals surface area contributed by atoms with Crippen molar-refractivity contribution in [2.24, 2.45) is 5.92 Å². The first-order chi connectivity index (χ1) is 12.8. The van der Waals surface area contributed by atoms with Gasteiger partial charge in [-0.1, -0.05) is 37.0 Å². The molecule has 2 amide bonds. The fourth-order valence-electron chi connectivity index (χ4n) is 2.68. The Morgan fingerprint density at radius 3 is 2.74 bits per heavy atom. The lowest BCUT2D eigenvalue weighted by molar-refractivity contribution is -0.129. The SMILES string of the molecule is CC(C)C1Oc2ccc(N)nc2N(CC(=O)Nc2ccc(Cl)cc2Cl)C1=O. The molecule has 0 saturated heterocycles. The van der Waals surface area contributed by atoms with E-state index < -0.39 is 12.0 Å². The lowest BCUT2D eigenvalue weighted by Crippen LogP contribution is -2.51. The van der Waals surface area contributed by atoms with E-state index in [1.165, 1.54) is 11.0 Å². The number of nitrogens with two attached hydrogens (primary N) is 1. The van der Waals surface area contributed by atoms with Gasteiger partial charge in [0.25, 0.3) is 5.91 Å². The number of nitrogen functional groups attached to an aromatic ring is 1. The van der Waals surface area contributed by atoms with Gasteiger partial charge in [0.05, 0.1) is 10.7 Å². The molecule has 0 radical (unpaired) electrons. The van der Waals surface area contributed by atoms with Crippen molar-refractivity contribution in [3.63, 3.8) is 0 Å². The fraction of sp³-hybridized carbons (Fsp3) is 0.278. The molecular weight excluding hydrogens is 391 g/mol. The number of amides is 2. The first-order valence-electron chi connectivity index (χ1n) is 8.25. The summed E-state index contributed by atoms with van der Waals surface area (Å²) in [7, 11) is 0. The van der Waals surface area contributed by atoms with Crippen LogP contribution >= 0.6 is 23.2 Å². The molecule has 7 nitrogen and oxygen atoms in total. The summed E-state index contributed by atoms with van der Waals surface area (Å²) in [6.45, 7) is 3.47. The maximum Gasteiger partial charge on any atom is 0.270 e. The summed E-state index contributed by atoms with van der Waals surface area (Å²) in [6.07, 6.45) is -0.713. The number of nitrogens with zero attached hydrogens (tertiary/aromatic N) is 2. The molecule has 9 heteroatoms. The van der Waals surface area contributed by atoms with E-state index in [0.29, 0.717) is 21.5 Å². The molecule has 2 heterocycles. The van der Waals surface area contributed by atoms with Gasteiger partial charge in [-0.05, 0) is 36.2 Å². The van der Waals surface area contributed by atoms with Crippen molar-refractivity contribution in [3.05, 3.63) is 40.4 Å². The Morgan fingerprint density at radius 2 is 2.07 bits per heavy atom. The van der Waals surface area contributed by atoms with Crippen LogP contribution in [0.5, 0.6) is 5.75 Å². The number of aromatic nitrogens is 1. The smallest absolute Gasteiger partial charge is 0.270 e. The number of ether oxygens (including phenoxy) is 1. The third-order valence-corrected chi connectivity index (χ3v) is 4.54. The van der Waals surface area contributed by atoms with E-state index in [1.807, 2.05) is 13.8 Å². The highest BCUT2D eigenvalue weighted by Crippen LogP contribution is 2.34. The van der Waals surface area contributed by atoms with Gasteiger partial charge in [-0.2, -0.15) is 0 Å². The van der Waals surface area contributed by atoms with Gasteiger partial charge >= 0.3 is 0 Å². The minimum atomic E-state index is -0.713. The highest BCUT2D eigenvalue weighted by molar-refractivity contribution is 6.36. The van der Waals surface area contributed by atoms with E-state index >= 15 is 0 Å². The lowest BCUT2D eigenvalue weighted by Gasteiger charge is -2.34. The van der Waals surface area contributed by atoms with Crippen molar-refractivity contribution in [2.75, 3.05) is 22.5 Å². The molecule has 27 heavy (non-hydrogen) atoms. The number of hydrogen-bond acceptors (Lipinski definition) is 5. The molecule has 2 aromatic rings. The monoisotopic (exact) mass is 408 g/mol.